The molecule has 0 fully saturated rings. The van der Waals surface area contributed by atoms with Crippen LogP contribution in [-0.2, 0) is 6.42 Å². The number of aryl methyl sites for hydroxylation is 1. The van der Waals surface area contributed by atoms with Gasteiger partial charge in [-0.1, -0.05) is 36.8 Å². The van der Waals surface area contributed by atoms with E-state index < -0.39 is 7.12 Å². The molecule has 0 aromatic heterocycles. The minimum absolute atomic E-state index is 0.453. The summed E-state index contributed by atoms with van der Waals surface area (Å²) in [6.45, 7) is 0. The van der Waals surface area contributed by atoms with E-state index in [1.165, 1.54) is 5.56 Å². The topological polar surface area (TPSA) is 40.5 Å². The van der Waals surface area contributed by atoms with Gasteiger partial charge in [0.1, 0.15) is 0 Å². The summed E-state index contributed by atoms with van der Waals surface area (Å²) >= 11 is 0. The first kappa shape index (κ1) is 9.29. The minimum Gasteiger partial charge on any atom is -0.427 e. The Bertz CT molecular complexity index is 211. The van der Waals surface area contributed by atoms with Crippen molar-refractivity contribution in [2.75, 3.05) is 0 Å². The molecule has 0 saturated heterocycles. The molecule has 12 heavy (non-hydrogen) atoms. The van der Waals surface area contributed by atoms with E-state index in [-0.39, 0.29) is 0 Å². The van der Waals surface area contributed by atoms with Crippen molar-refractivity contribution in [2.45, 2.75) is 19.2 Å². The van der Waals surface area contributed by atoms with Crippen LogP contribution in [-0.4, -0.2) is 17.2 Å². The van der Waals surface area contributed by atoms with Crippen LogP contribution in [0.4, 0.5) is 0 Å². The van der Waals surface area contributed by atoms with Crippen molar-refractivity contribution in [3.8, 4) is 0 Å². The monoisotopic (exact) mass is 164 g/mol. The maximum Gasteiger partial charge on any atom is 0.451 e. The average molecular weight is 164 g/mol. The Morgan fingerprint density at radius 1 is 1.08 bits per heavy atom. The summed E-state index contributed by atoms with van der Waals surface area (Å²) in [7, 11) is -1.16. The molecule has 64 valence electrons. The fourth-order valence-electron chi connectivity index (χ4n) is 1.13. The van der Waals surface area contributed by atoms with Crippen LogP contribution in [0.25, 0.3) is 0 Å². The molecule has 0 saturated carbocycles. The molecule has 0 amide bonds. The zero-order chi connectivity index (χ0) is 8.81. The van der Waals surface area contributed by atoms with Gasteiger partial charge in [-0.3, -0.25) is 0 Å². The summed E-state index contributed by atoms with van der Waals surface area (Å²) in [5, 5.41) is 17.2. The quantitative estimate of drug-likeness (QED) is 0.654. The molecule has 1 aromatic carbocycles. The molecule has 0 spiro atoms. The first-order valence-corrected chi connectivity index (χ1v) is 4.19. The van der Waals surface area contributed by atoms with E-state index in [1.54, 1.807) is 0 Å². The van der Waals surface area contributed by atoms with Crippen molar-refractivity contribution in [1.29, 1.82) is 0 Å². The lowest BCUT2D eigenvalue weighted by molar-refractivity contribution is 0.403. The Hall–Kier alpha value is -0.795. The lowest BCUT2D eigenvalue weighted by atomic mass is 9.83. The van der Waals surface area contributed by atoms with Crippen LogP contribution in [0.5, 0.6) is 0 Å². The average Bonchev–Trinajstić information content (AvgIpc) is 2.05. The van der Waals surface area contributed by atoms with E-state index in [9.17, 15) is 0 Å². The predicted octanol–water partition coefficient (Wildman–Crippen LogP) is 1.09. The van der Waals surface area contributed by atoms with Gasteiger partial charge in [0, 0.05) is 0 Å². The second-order valence-corrected chi connectivity index (χ2v) is 2.86. The van der Waals surface area contributed by atoms with E-state index in [0.29, 0.717) is 6.32 Å². The highest BCUT2D eigenvalue weighted by atomic mass is 16.4. The summed E-state index contributed by atoms with van der Waals surface area (Å²) < 4.78 is 0. The highest BCUT2D eigenvalue weighted by Gasteiger charge is 2.04. The Labute approximate surface area is 73.0 Å². The molecule has 0 unspecified atom stereocenters. The van der Waals surface area contributed by atoms with Crippen LogP contribution in [0.15, 0.2) is 30.3 Å². The zero-order valence-electron chi connectivity index (χ0n) is 6.98. The van der Waals surface area contributed by atoms with E-state index in [2.05, 4.69) is 0 Å². The Morgan fingerprint density at radius 2 is 1.75 bits per heavy atom. The second-order valence-electron chi connectivity index (χ2n) is 2.86. The van der Waals surface area contributed by atoms with Crippen molar-refractivity contribution in [1.82, 2.24) is 0 Å². The molecule has 1 aromatic rings. The summed E-state index contributed by atoms with van der Waals surface area (Å²) in [6.07, 6.45) is 2.19. The number of benzene rings is 1. The fraction of sp³-hybridized carbons (Fsp3) is 0.333. The molecule has 0 aliphatic carbocycles. The molecule has 0 aliphatic rings. The molecule has 2 N–H and O–H groups in total. The van der Waals surface area contributed by atoms with E-state index in [4.69, 9.17) is 10.0 Å². The molecule has 3 heteroatoms. The number of hydrogen-bond donors (Lipinski definition) is 2. The fourth-order valence-corrected chi connectivity index (χ4v) is 1.13. The third-order valence-electron chi connectivity index (χ3n) is 1.77. The van der Waals surface area contributed by atoms with Gasteiger partial charge < -0.3 is 10.0 Å². The lowest BCUT2D eigenvalue weighted by Crippen LogP contribution is -2.09. The molecule has 0 heterocycles. The standard InChI is InChI=1S/C9H13BO2/c11-10(12)8-4-7-9-5-2-1-3-6-9/h1-3,5-6,11-12H,4,7-8H2. The zero-order valence-corrected chi connectivity index (χ0v) is 6.98. The van der Waals surface area contributed by atoms with Crippen LogP contribution in [0.3, 0.4) is 0 Å². The summed E-state index contributed by atoms with van der Waals surface area (Å²) in [6, 6.07) is 10.0. The summed E-state index contributed by atoms with van der Waals surface area (Å²) in [4.78, 5) is 0. The van der Waals surface area contributed by atoms with Crippen molar-refractivity contribution < 1.29 is 10.0 Å². The van der Waals surface area contributed by atoms with Gasteiger partial charge >= 0.3 is 7.12 Å². The van der Waals surface area contributed by atoms with Crippen LogP contribution in [0.2, 0.25) is 6.32 Å². The maximum absolute atomic E-state index is 8.59. The van der Waals surface area contributed by atoms with Gasteiger partial charge in [-0.25, -0.2) is 0 Å². The molecule has 0 bridgehead atoms. The van der Waals surface area contributed by atoms with Crippen LogP contribution < -0.4 is 0 Å². The molecule has 0 aliphatic heterocycles. The van der Waals surface area contributed by atoms with Gasteiger partial charge in [-0.05, 0) is 18.3 Å². The van der Waals surface area contributed by atoms with Gasteiger partial charge in [0.05, 0.1) is 0 Å². The molecular weight excluding hydrogens is 151 g/mol. The third kappa shape index (κ3) is 3.55. The molecule has 0 radical (unpaired) electrons. The lowest BCUT2D eigenvalue weighted by Gasteiger charge is -1.99. The van der Waals surface area contributed by atoms with E-state index in [1.807, 2.05) is 30.3 Å². The van der Waals surface area contributed by atoms with Crippen molar-refractivity contribution in [3.63, 3.8) is 0 Å². The first-order chi connectivity index (χ1) is 5.79. The molecule has 0 atom stereocenters. The van der Waals surface area contributed by atoms with Crippen LogP contribution >= 0.6 is 0 Å². The first-order valence-electron chi connectivity index (χ1n) is 4.19. The largest absolute Gasteiger partial charge is 0.451 e. The second kappa shape index (κ2) is 4.96. The SMILES string of the molecule is OB(O)CCCc1ccccc1. The molecule has 2 nitrogen and oxygen atoms in total. The van der Waals surface area contributed by atoms with Gasteiger partial charge in [0.25, 0.3) is 0 Å². The normalized spacial score (nSPS) is 9.83. The van der Waals surface area contributed by atoms with Gasteiger partial charge in [0.15, 0.2) is 0 Å². The predicted molar refractivity (Wildman–Crippen MR) is 49.8 cm³/mol. The smallest absolute Gasteiger partial charge is 0.427 e. The maximum atomic E-state index is 8.59. The van der Waals surface area contributed by atoms with Crippen molar-refractivity contribution in [2.24, 2.45) is 0 Å². The molecular formula is C9H13BO2. The highest BCUT2D eigenvalue weighted by Crippen LogP contribution is 2.04. The molecule has 1 rings (SSSR count). The van der Waals surface area contributed by atoms with Crippen LogP contribution in [0, 0.1) is 0 Å². The van der Waals surface area contributed by atoms with E-state index in [0.717, 1.165) is 12.8 Å². The van der Waals surface area contributed by atoms with Crippen molar-refractivity contribution >= 4 is 7.12 Å². The summed E-state index contributed by atoms with van der Waals surface area (Å²) in [5.41, 5.74) is 1.25. The Kier molecular flexibility index (Phi) is 3.84. The van der Waals surface area contributed by atoms with Gasteiger partial charge in [-0.2, -0.15) is 0 Å². The van der Waals surface area contributed by atoms with E-state index >= 15 is 0 Å². The third-order valence-corrected chi connectivity index (χ3v) is 1.77. The minimum atomic E-state index is -1.16. The van der Waals surface area contributed by atoms with Crippen molar-refractivity contribution in [3.05, 3.63) is 35.9 Å². The Morgan fingerprint density at radius 3 is 2.33 bits per heavy atom. The Balaban J connectivity index is 2.25. The van der Waals surface area contributed by atoms with Gasteiger partial charge in [0.2, 0.25) is 0 Å². The van der Waals surface area contributed by atoms with Gasteiger partial charge in [-0.15, -0.1) is 0 Å². The number of hydrogen-bond acceptors (Lipinski definition) is 2. The van der Waals surface area contributed by atoms with Crippen LogP contribution in [0.1, 0.15) is 12.0 Å². The number of rotatable bonds is 4. The summed E-state index contributed by atoms with van der Waals surface area (Å²) in [5.74, 6) is 0. The highest BCUT2D eigenvalue weighted by molar-refractivity contribution is 6.40.